The van der Waals surface area contributed by atoms with Gasteiger partial charge in [0.05, 0.1) is 18.2 Å². The normalized spacial score (nSPS) is 13.8. The van der Waals surface area contributed by atoms with Gasteiger partial charge in [-0.05, 0) is 30.9 Å². The molecule has 0 bridgehead atoms. The summed E-state index contributed by atoms with van der Waals surface area (Å²) in [5.41, 5.74) is 2.37. The van der Waals surface area contributed by atoms with Gasteiger partial charge in [-0.15, -0.1) is 0 Å². The summed E-state index contributed by atoms with van der Waals surface area (Å²) in [4.78, 5) is 49.9. The van der Waals surface area contributed by atoms with Crippen LogP contribution in [0.25, 0.3) is 0 Å². The van der Waals surface area contributed by atoms with Crippen molar-refractivity contribution < 1.29 is 24.0 Å². The number of carbonyl (C=O) groups excluding carboxylic acids is 2. The molecular formula is C25H24N6O6. The van der Waals surface area contributed by atoms with Crippen molar-refractivity contribution in [2.75, 3.05) is 0 Å². The van der Waals surface area contributed by atoms with E-state index in [4.69, 9.17) is 9.47 Å². The van der Waals surface area contributed by atoms with Crippen LogP contribution in [0, 0.1) is 10.1 Å². The first-order valence-corrected chi connectivity index (χ1v) is 11.2. The van der Waals surface area contributed by atoms with Crippen LogP contribution in [-0.4, -0.2) is 36.4 Å². The zero-order chi connectivity index (χ0) is 26.5. The Labute approximate surface area is 211 Å². The zero-order valence-electron chi connectivity index (χ0n) is 20.4. The minimum atomic E-state index is -1.08. The first-order chi connectivity index (χ1) is 17.8. The maximum atomic E-state index is 13.4. The molecule has 0 saturated carbocycles. The van der Waals surface area contributed by atoms with Gasteiger partial charge in [0.15, 0.2) is 0 Å². The first-order valence-electron chi connectivity index (χ1n) is 11.2. The van der Waals surface area contributed by atoms with Crippen LogP contribution in [0.1, 0.15) is 36.7 Å². The van der Waals surface area contributed by atoms with E-state index in [1.54, 1.807) is 62.9 Å². The molecule has 3 aromatic heterocycles. The van der Waals surface area contributed by atoms with Gasteiger partial charge in [0, 0.05) is 47.3 Å². The monoisotopic (exact) mass is 504 g/mol. The number of dihydropyridines is 1. The molecule has 1 aliphatic rings. The minimum Gasteiger partial charge on any atom is -0.457 e. The fourth-order valence-electron chi connectivity index (χ4n) is 4.07. The molecule has 4 heterocycles. The maximum absolute atomic E-state index is 13.4. The van der Waals surface area contributed by atoms with E-state index in [-0.39, 0.29) is 36.0 Å². The standard InChI is InChI=1S/C25H24N6O6/c1-15-20(24(32)36-13-17-6-4-8-26-10-17)22(23-28-12-19(30(23)3)31(34)35)21(16(2)29-15)25(33)37-14-18-7-5-9-27-11-18/h4-12,22,29H,13-14H2,1-3H3. The molecule has 0 aliphatic carbocycles. The molecule has 0 unspecified atom stereocenters. The molecule has 0 aromatic carbocycles. The average molecular weight is 505 g/mol. The second-order valence-corrected chi connectivity index (χ2v) is 8.30. The third-order valence-corrected chi connectivity index (χ3v) is 5.83. The molecule has 0 atom stereocenters. The van der Waals surface area contributed by atoms with Crippen molar-refractivity contribution in [1.82, 2.24) is 24.8 Å². The lowest BCUT2D eigenvalue weighted by Gasteiger charge is -2.28. The maximum Gasteiger partial charge on any atom is 0.342 e. The summed E-state index contributed by atoms with van der Waals surface area (Å²) in [6.07, 6.45) is 7.42. The number of ether oxygens (including phenoxy) is 2. The summed E-state index contributed by atoms with van der Waals surface area (Å²) >= 11 is 0. The predicted octanol–water partition coefficient (Wildman–Crippen LogP) is 2.84. The molecule has 3 aromatic rings. The van der Waals surface area contributed by atoms with Crippen LogP contribution in [0.15, 0.2) is 77.8 Å². The first kappa shape index (κ1) is 25.2. The number of hydrogen-bond acceptors (Lipinski definition) is 10. The largest absolute Gasteiger partial charge is 0.457 e. The number of rotatable bonds is 8. The average Bonchev–Trinajstić information content (AvgIpc) is 3.28. The number of pyridine rings is 2. The lowest BCUT2D eigenvalue weighted by atomic mass is 9.84. The van der Waals surface area contributed by atoms with Crippen molar-refractivity contribution in [3.8, 4) is 0 Å². The van der Waals surface area contributed by atoms with E-state index in [1.807, 2.05) is 0 Å². The number of aromatic nitrogens is 4. The smallest absolute Gasteiger partial charge is 0.342 e. The van der Waals surface area contributed by atoms with Crippen molar-refractivity contribution >= 4 is 17.8 Å². The molecule has 12 nitrogen and oxygen atoms in total. The molecule has 190 valence electrons. The Bertz CT molecular complexity index is 1320. The van der Waals surface area contributed by atoms with Crippen molar-refractivity contribution in [3.05, 3.63) is 105 Å². The third-order valence-electron chi connectivity index (χ3n) is 5.83. The topological polar surface area (TPSA) is 151 Å². The van der Waals surface area contributed by atoms with Gasteiger partial charge in [-0.25, -0.2) is 19.1 Å². The summed E-state index contributed by atoms with van der Waals surface area (Å²) in [5, 5.41) is 14.6. The molecular weight excluding hydrogens is 480 g/mol. The van der Waals surface area contributed by atoms with Crippen LogP contribution in [-0.2, 0) is 39.3 Å². The molecule has 1 aliphatic heterocycles. The minimum absolute atomic E-state index is 0.0552. The van der Waals surface area contributed by atoms with Gasteiger partial charge in [0.1, 0.15) is 25.3 Å². The van der Waals surface area contributed by atoms with Gasteiger partial charge in [0.25, 0.3) is 0 Å². The molecule has 12 heteroatoms. The molecule has 0 saturated heterocycles. The number of esters is 2. The number of carbonyl (C=O) groups is 2. The lowest BCUT2D eigenvalue weighted by Crippen LogP contribution is -2.33. The molecule has 0 radical (unpaired) electrons. The predicted molar refractivity (Wildman–Crippen MR) is 129 cm³/mol. The Morgan fingerprint density at radius 1 is 0.973 bits per heavy atom. The third kappa shape index (κ3) is 5.37. The van der Waals surface area contributed by atoms with E-state index in [9.17, 15) is 19.7 Å². The summed E-state index contributed by atoms with van der Waals surface area (Å²) in [6.45, 7) is 3.21. The van der Waals surface area contributed by atoms with E-state index < -0.39 is 22.8 Å². The fourth-order valence-corrected chi connectivity index (χ4v) is 4.07. The second-order valence-electron chi connectivity index (χ2n) is 8.30. The lowest BCUT2D eigenvalue weighted by molar-refractivity contribution is -0.391. The number of nitrogens with one attached hydrogen (secondary N) is 1. The van der Waals surface area contributed by atoms with E-state index in [0.717, 1.165) is 6.20 Å². The van der Waals surface area contributed by atoms with Crippen LogP contribution in [0.4, 0.5) is 5.82 Å². The van der Waals surface area contributed by atoms with Gasteiger partial charge in [-0.2, -0.15) is 0 Å². The molecule has 4 rings (SSSR count). The van der Waals surface area contributed by atoms with Crippen LogP contribution in [0.3, 0.4) is 0 Å². The van der Waals surface area contributed by atoms with Crippen molar-refractivity contribution in [3.63, 3.8) is 0 Å². The number of nitro groups is 1. The van der Waals surface area contributed by atoms with Gasteiger partial charge < -0.3 is 24.9 Å². The molecule has 0 amide bonds. The Kier molecular flexibility index (Phi) is 7.37. The van der Waals surface area contributed by atoms with Gasteiger partial charge in [-0.1, -0.05) is 12.1 Å². The number of imidazole rings is 1. The number of hydrogen-bond donors (Lipinski definition) is 1. The highest BCUT2D eigenvalue weighted by Gasteiger charge is 2.42. The Balaban J connectivity index is 1.71. The van der Waals surface area contributed by atoms with Crippen LogP contribution < -0.4 is 5.32 Å². The Morgan fingerprint density at radius 3 is 1.89 bits per heavy atom. The van der Waals surface area contributed by atoms with E-state index in [1.165, 1.54) is 11.6 Å². The summed E-state index contributed by atoms with van der Waals surface area (Å²) in [5.74, 6) is -2.68. The van der Waals surface area contributed by atoms with E-state index in [2.05, 4.69) is 20.3 Å². The van der Waals surface area contributed by atoms with Gasteiger partial charge in [0.2, 0.25) is 5.82 Å². The number of nitrogens with zero attached hydrogens (tertiary/aromatic N) is 5. The molecule has 0 spiro atoms. The zero-order valence-corrected chi connectivity index (χ0v) is 20.4. The SMILES string of the molecule is CC1=C(C(=O)OCc2cccnc2)C(c2ncc([N+](=O)[O-])n2C)C(C(=O)OCc2cccnc2)=C(C)N1. The van der Waals surface area contributed by atoms with Crippen molar-refractivity contribution in [2.45, 2.75) is 33.0 Å². The van der Waals surface area contributed by atoms with Gasteiger partial charge >= 0.3 is 17.8 Å². The van der Waals surface area contributed by atoms with Crippen LogP contribution in [0.5, 0.6) is 0 Å². The highest BCUT2D eigenvalue weighted by atomic mass is 16.6. The van der Waals surface area contributed by atoms with Crippen molar-refractivity contribution in [1.29, 1.82) is 0 Å². The Hall–Kier alpha value is -4.87. The molecule has 1 N–H and O–H groups in total. The quantitative estimate of drug-likeness (QED) is 0.275. The van der Waals surface area contributed by atoms with Crippen LogP contribution in [0.2, 0.25) is 0 Å². The summed E-state index contributed by atoms with van der Waals surface area (Å²) < 4.78 is 12.3. The van der Waals surface area contributed by atoms with E-state index in [0.29, 0.717) is 22.5 Å². The van der Waals surface area contributed by atoms with E-state index >= 15 is 0 Å². The highest BCUT2D eigenvalue weighted by Crippen LogP contribution is 2.39. The molecule has 37 heavy (non-hydrogen) atoms. The van der Waals surface area contributed by atoms with Gasteiger partial charge in [-0.3, -0.25) is 9.97 Å². The van der Waals surface area contributed by atoms with Crippen molar-refractivity contribution in [2.24, 2.45) is 7.05 Å². The summed E-state index contributed by atoms with van der Waals surface area (Å²) in [7, 11) is 1.45. The molecule has 0 fully saturated rings. The second kappa shape index (κ2) is 10.8. The number of allylic oxidation sites excluding steroid dienone is 2. The van der Waals surface area contributed by atoms with Crippen LogP contribution >= 0.6 is 0 Å². The Morgan fingerprint density at radius 2 is 1.49 bits per heavy atom. The highest BCUT2D eigenvalue weighted by molar-refractivity contribution is 5.99. The summed E-state index contributed by atoms with van der Waals surface area (Å²) in [6, 6.07) is 6.94. The fraction of sp³-hybridized carbons (Fsp3) is 0.240.